The van der Waals surface area contributed by atoms with Gasteiger partial charge < -0.3 is 4.90 Å². The van der Waals surface area contributed by atoms with E-state index in [9.17, 15) is 9.59 Å². The summed E-state index contributed by atoms with van der Waals surface area (Å²) in [6, 6.07) is 7.72. The lowest BCUT2D eigenvalue weighted by Crippen LogP contribution is -2.35. The largest absolute Gasteiger partial charge is 0.342 e. The molecule has 2 fully saturated rings. The lowest BCUT2D eigenvalue weighted by molar-refractivity contribution is -0.134. The highest BCUT2D eigenvalue weighted by molar-refractivity contribution is 6.05. The van der Waals surface area contributed by atoms with Crippen LogP contribution in [0.5, 0.6) is 0 Å². The zero-order valence-electron chi connectivity index (χ0n) is 12.3. The van der Waals surface area contributed by atoms with Gasteiger partial charge in [-0.05, 0) is 25.0 Å². The van der Waals surface area contributed by atoms with Crippen molar-refractivity contribution in [3.8, 4) is 0 Å². The summed E-state index contributed by atoms with van der Waals surface area (Å²) in [5.74, 6) is 0.501. The third-order valence-electron chi connectivity index (χ3n) is 4.60. The summed E-state index contributed by atoms with van der Waals surface area (Å²) >= 11 is 0. The molecule has 22 heavy (non-hydrogen) atoms. The molecule has 1 aromatic heterocycles. The molecule has 0 unspecified atom stereocenters. The number of benzene rings is 1. The second-order valence-electron chi connectivity index (χ2n) is 6.03. The number of para-hydroxylation sites is 1. The number of nitrogens with zero attached hydrogens (tertiary/aromatic N) is 3. The Morgan fingerprint density at radius 1 is 1.23 bits per heavy atom. The van der Waals surface area contributed by atoms with Gasteiger partial charge in [0.1, 0.15) is 0 Å². The maximum absolute atomic E-state index is 12.5. The molecule has 0 radical (unpaired) electrons. The van der Waals surface area contributed by atoms with Crippen LogP contribution in [0.2, 0.25) is 0 Å². The molecule has 1 aromatic carbocycles. The molecule has 3 heterocycles. The number of nitrogens with one attached hydrogen (secondary N) is 1. The molecule has 2 aliphatic heterocycles. The zero-order valence-corrected chi connectivity index (χ0v) is 12.3. The van der Waals surface area contributed by atoms with E-state index in [4.69, 9.17) is 0 Å². The minimum Gasteiger partial charge on any atom is -0.342 e. The van der Waals surface area contributed by atoms with Crippen molar-refractivity contribution < 1.29 is 9.59 Å². The number of aromatic nitrogens is 2. The summed E-state index contributed by atoms with van der Waals surface area (Å²) in [7, 11) is 0. The maximum Gasteiger partial charge on any atom is 0.229 e. The number of likely N-dealkylation sites (tertiary alicyclic amines) is 1. The molecule has 0 saturated carbocycles. The Kier molecular flexibility index (Phi) is 3.10. The number of anilines is 1. The zero-order chi connectivity index (χ0) is 15.1. The van der Waals surface area contributed by atoms with Gasteiger partial charge in [0, 0.05) is 31.4 Å². The van der Waals surface area contributed by atoms with Gasteiger partial charge in [0.15, 0.2) is 5.82 Å². The van der Waals surface area contributed by atoms with Gasteiger partial charge in [0.2, 0.25) is 11.8 Å². The Labute approximate surface area is 128 Å². The number of fused-ring (bicyclic) bond motifs is 1. The van der Waals surface area contributed by atoms with E-state index in [1.165, 1.54) is 0 Å². The van der Waals surface area contributed by atoms with Crippen molar-refractivity contribution in [1.82, 2.24) is 15.1 Å². The van der Waals surface area contributed by atoms with Crippen LogP contribution in [-0.2, 0) is 9.59 Å². The fraction of sp³-hybridized carbons (Fsp3) is 0.438. The van der Waals surface area contributed by atoms with Crippen LogP contribution >= 0.6 is 0 Å². The summed E-state index contributed by atoms with van der Waals surface area (Å²) in [5.41, 5.74) is 0.902. The number of amides is 2. The number of rotatable bonds is 2. The highest BCUT2D eigenvalue weighted by Gasteiger charge is 2.39. The molecule has 0 bridgehead atoms. The van der Waals surface area contributed by atoms with Gasteiger partial charge in [0.25, 0.3) is 0 Å². The van der Waals surface area contributed by atoms with Crippen molar-refractivity contribution in [2.45, 2.75) is 19.3 Å². The maximum atomic E-state index is 12.5. The summed E-state index contributed by atoms with van der Waals surface area (Å²) in [6.07, 6.45) is 2.43. The predicted molar refractivity (Wildman–Crippen MR) is 82.4 cm³/mol. The van der Waals surface area contributed by atoms with Gasteiger partial charge in [-0.25, -0.2) is 0 Å². The van der Waals surface area contributed by atoms with Crippen molar-refractivity contribution in [3.05, 3.63) is 24.3 Å². The lowest BCUT2D eigenvalue weighted by Gasteiger charge is -2.19. The molecule has 2 saturated heterocycles. The van der Waals surface area contributed by atoms with E-state index in [2.05, 4.69) is 10.2 Å². The van der Waals surface area contributed by atoms with E-state index in [-0.39, 0.29) is 24.2 Å². The van der Waals surface area contributed by atoms with Crippen molar-refractivity contribution in [2.75, 3.05) is 24.5 Å². The third kappa shape index (κ3) is 2.06. The average Bonchev–Trinajstić information content (AvgIpc) is 3.25. The van der Waals surface area contributed by atoms with Crippen molar-refractivity contribution in [1.29, 1.82) is 0 Å². The summed E-state index contributed by atoms with van der Waals surface area (Å²) in [6.45, 7) is 2.09. The molecular formula is C16H18N4O2. The molecular weight excluding hydrogens is 280 g/mol. The standard InChI is InChI=1S/C16H18N4O2/c21-14-9-11(16(22)19-7-3-4-8-19)10-20(14)15-12-5-1-2-6-13(12)17-18-15/h1-2,5-6,11H,3-4,7-10H2,(H,17,18)/t11-/m0/s1. The Morgan fingerprint density at radius 3 is 2.82 bits per heavy atom. The van der Waals surface area contributed by atoms with Gasteiger partial charge in [0.05, 0.1) is 11.4 Å². The van der Waals surface area contributed by atoms with Crippen molar-refractivity contribution in [2.24, 2.45) is 5.92 Å². The van der Waals surface area contributed by atoms with Gasteiger partial charge in [-0.3, -0.25) is 19.6 Å². The van der Waals surface area contributed by atoms with Gasteiger partial charge in [-0.15, -0.1) is 0 Å². The first-order valence-corrected chi connectivity index (χ1v) is 7.76. The molecule has 2 aliphatic rings. The fourth-order valence-corrected chi connectivity index (χ4v) is 3.43. The van der Waals surface area contributed by atoms with E-state index >= 15 is 0 Å². The number of H-pyrrole nitrogens is 1. The smallest absolute Gasteiger partial charge is 0.229 e. The van der Waals surface area contributed by atoms with Gasteiger partial charge in [-0.1, -0.05) is 12.1 Å². The SMILES string of the molecule is O=C([C@H]1CC(=O)N(c2n[nH]c3ccccc23)C1)N1CCCC1. The van der Waals surface area contributed by atoms with Crippen LogP contribution in [0, 0.1) is 5.92 Å². The van der Waals surface area contributed by atoms with Crippen LogP contribution in [0.25, 0.3) is 10.9 Å². The number of aromatic amines is 1. The van der Waals surface area contributed by atoms with Crippen LogP contribution in [0.1, 0.15) is 19.3 Å². The second-order valence-corrected chi connectivity index (χ2v) is 6.03. The van der Waals surface area contributed by atoms with E-state index in [0.717, 1.165) is 36.8 Å². The van der Waals surface area contributed by atoms with Crippen molar-refractivity contribution >= 4 is 28.5 Å². The molecule has 6 nitrogen and oxygen atoms in total. The first-order valence-electron chi connectivity index (χ1n) is 7.76. The summed E-state index contributed by atoms with van der Waals surface area (Å²) in [5, 5.41) is 8.14. The fourth-order valence-electron chi connectivity index (χ4n) is 3.43. The second kappa shape index (κ2) is 5.12. The van der Waals surface area contributed by atoms with Gasteiger partial charge >= 0.3 is 0 Å². The first-order chi connectivity index (χ1) is 10.7. The molecule has 114 valence electrons. The normalized spacial score (nSPS) is 22.0. The molecule has 6 heteroatoms. The Morgan fingerprint density at radius 2 is 2.00 bits per heavy atom. The number of hydrogen-bond acceptors (Lipinski definition) is 3. The Bertz CT molecular complexity index is 733. The first kappa shape index (κ1) is 13.3. The van der Waals surface area contributed by atoms with E-state index < -0.39 is 0 Å². The third-order valence-corrected chi connectivity index (χ3v) is 4.60. The minimum atomic E-state index is -0.235. The van der Waals surface area contributed by atoms with Crippen LogP contribution in [0.4, 0.5) is 5.82 Å². The Hall–Kier alpha value is -2.37. The van der Waals surface area contributed by atoms with Crippen LogP contribution in [0.15, 0.2) is 24.3 Å². The van der Waals surface area contributed by atoms with Gasteiger partial charge in [-0.2, -0.15) is 5.10 Å². The highest BCUT2D eigenvalue weighted by Crippen LogP contribution is 2.30. The molecule has 1 atom stereocenters. The van der Waals surface area contributed by atoms with Crippen LogP contribution in [-0.4, -0.2) is 46.5 Å². The van der Waals surface area contributed by atoms with Crippen LogP contribution < -0.4 is 4.90 Å². The topological polar surface area (TPSA) is 69.3 Å². The molecule has 2 amide bonds. The lowest BCUT2D eigenvalue weighted by atomic mass is 10.1. The van der Waals surface area contributed by atoms with Crippen LogP contribution in [0.3, 0.4) is 0 Å². The molecule has 4 rings (SSSR count). The van der Waals surface area contributed by atoms with E-state index in [1.54, 1.807) is 4.90 Å². The van der Waals surface area contributed by atoms with E-state index in [0.29, 0.717) is 12.4 Å². The average molecular weight is 298 g/mol. The molecule has 0 spiro atoms. The highest BCUT2D eigenvalue weighted by atomic mass is 16.2. The molecule has 1 N–H and O–H groups in total. The summed E-state index contributed by atoms with van der Waals surface area (Å²) in [4.78, 5) is 28.4. The van der Waals surface area contributed by atoms with E-state index in [1.807, 2.05) is 29.2 Å². The quantitative estimate of drug-likeness (QED) is 0.914. The summed E-state index contributed by atoms with van der Waals surface area (Å²) < 4.78 is 0. The molecule has 0 aliphatic carbocycles. The number of carbonyl (C=O) groups excluding carboxylic acids is 2. The molecule has 2 aromatic rings. The number of hydrogen-bond donors (Lipinski definition) is 1. The monoisotopic (exact) mass is 298 g/mol. The number of carbonyl (C=O) groups is 2. The van der Waals surface area contributed by atoms with Crippen molar-refractivity contribution in [3.63, 3.8) is 0 Å². The minimum absolute atomic E-state index is 0.0187. The predicted octanol–water partition coefficient (Wildman–Crippen LogP) is 1.54. The Balaban J connectivity index is 1.58.